The van der Waals surface area contributed by atoms with Crippen molar-refractivity contribution in [3.05, 3.63) is 48.5 Å². The number of hydrogen-bond acceptors (Lipinski definition) is 5. The Balaban J connectivity index is 1.52. The van der Waals surface area contributed by atoms with Crippen molar-refractivity contribution in [2.24, 2.45) is 5.92 Å². The molecular weight excluding hydrogens is 290 g/mol. The molecule has 0 aliphatic carbocycles. The first kappa shape index (κ1) is 15.4. The summed E-state index contributed by atoms with van der Waals surface area (Å²) in [7, 11) is 0. The Kier molecular flexibility index (Phi) is 4.80. The van der Waals surface area contributed by atoms with Crippen LogP contribution in [-0.2, 0) is 4.79 Å². The minimum Gasteiger partial charge on any atom is -0.349 e. The maximum Gasteiger partial charge on any atom is 0.225 e. The Morgan fingerprint density at radius 1 is 1.17 bits per heavy atom. The molecule has 3 heterocycles. The number of rotatable bonds is 4. The van der Waals surface area contributed by atoms with E-state index in [2.05, 4.69) is 25.2 Å². The summed E-state index contributed by atoms with van der Waals surface area (Å²) in [5, 5.41) is 3.10. The molecule has 0 saturated carbocycles. The van der Waals surface area contributed by atoms with E-state index < -0.39 is 0 Å². The fourth-order valence-corrected chi connectivity index (χ4v) is 2.86. The molecule has 0 bridgehead atoms. The second-order valence-electron chi connectivity index (χ2n) is 5.82. The van der Waals surface area contributed by atoms with Gasteiger partial charge in [0.25, 0.3) is 0 Å². The summed E-state index contributed by atoms with van der Waals surface area (Å²) in [6.45, 7) is 3.62. The van der Waals surface area contributed by atoms with E-state index in [0.717, 1.165) is 37.4 Å². The first-order valence-electron chi connectivity index (χ1n) is 7.96. The van der Waals surface area contributed by atoms with Gasteiger partial charge < -0.3 is 10.2 Å². The van der Waals surface area contributed by atoms with Gasteiger partial charge in [-0.1, -0.05) is 0 Å². The van der Waals surface area contributed by atoms with Gasteiger partial charge in [-0.25, -0.2) is 9.97 Å². The Labute approximate surface area is 136 Å². The molecule has 1 saturated heterocycles. The van der Waals surface area contributed by atoms with Crippen molar-refractivity contribution in [2.45, 2.75) is 25.8 Å². The number of amides is 1. The zero-order valence-electron chi connectivity index (χ0n) is 13.2. The molecule has 6 heteroatoms. The van der Waals surface area contributed by atoms with Gasteiger partial charge in [-0.3, -0.25) is 9.78 Å². The lowest BCUT2D eigenvalue weighted by atomic mass is 9.95. The number of carbonyl (C=O) groups is 1. The van der Waals surface area contributed by atoms with Crippen LogP contribution >= 0.6 is 0 Å². The average molecular weight is 311 g/mol. The number of nitrogens with zero attached hydrogens (tertiary/aromatic N) is 4. The largest absolute Gasteiger partial charge is 0.349 e. The van der Waals surface area contributed by atoms with Crippen LogP contribution in [0.25, 0.3) is 0 Å². The third-order valence-corrected chi connectivity index (χ3v) is 4.27. The van der Waals surface area contributed by atoms with Crippen molar-refractivity contribution in [1.29, 1.82) is 0 Å². The predicted molar refractivity (Wildman–Crippen MR) is 87.8 cm³/mol. The molecule has 1 aliphatic heterocycles. The Bertz CT molecular complexity index is 626. The molecule has 0 unspecified atom stereocenters. The number of pyridine rings is 1. The number of carbonyl (C=O) groups excluding carboxylic acids is 1. The molecule has 3 rings (SSSR count). The van der Waals surface area contributed by atoms with Crippen LogP contribution < -0.4 is 10.2 Å². The Hall–Kier alpha value is -2.50. The highest BCUT2D eigenvalue weighted by Gasteiger charge is 2.26. The van der Waals surface area contributed by atoms with Crippen LogP contribution in [-0.4, -0.2) is 33.9 Å². The van der Waals surface area contributed by atoms with Gasteiger partial charge in [0.15, 0.2) is 0 Å². The van der Waals surface area contributed by atoms with Crippen LogP contribution in [0.3, 0.4) is 0 Å². The lowest BCUT2D eigenvalue weighted by molar-refractivity contribution is -0.126. The van der Waals surface area contributed by atoms with Crippen LogP contribution in [0.2, 0.25) is 0 Å². The maximum absolute atomic E-state index is 12.4. The van der Waals surface area contributed by atoms with E-state index in [1.165, 1.54) is 0 Å². The minimum absolute atomic E-state index is 0.000913. The van der Waals surface area contributed by atoms with Gasteiger partial charge in [-0.15, -0.1) is 0 Å². The summed E-state index contributed by atoms with van der Waals surface area (Å²) in [6.07, 6.45) is 8.64. The molecular formula is C17H21N5O. The van der Waals surface area contributed by atoms with Crippen LogP contribution in [0.4, 0.5) is 5.95 Å². The highest BCUT2D eigenvalue weighted by Crippen LogP contribution is 2.21. The summed E-state index contributed by atoms with van der Waals surface area (Å²) in [5.74, 6) is 0.929. The molecule has 2 aromatic rings. The zero-order chi connectivity index (χ0) is 16.1. The predicted octanol–water partition coefficient (Wildman–Crippen LogP) is 1.97. The molecule has 2 aromatic heterocycles. The minimum atomic E-state index is 0.000913. The quantitative estimate of drug-likeness (QED) is 0.934. The number of anilines is 1. The van der Waals surface area contributed by atoms with E-state index in [1.54, 1.807) is 24.8 Å². The summed E-state index contributed by atoms with van der Waals surface area (Å²) in [6, 6.07) is 5.67. The maximum atomic E-state index is 12.4. The molecule has 1 aliphatic rings. The van der Waals surface area contributed by atoms with Crippen molar-refractivity contribution in [1.82, 2.24) is 20.3 Å². The highest BCUT2D eigenvalue weighted by molar-refractivity contribution is 5.79. The van der Waals surface area contributed by atoms with E-state index in [1.807, 2.05) is 25.1 Å². The Morgan fingerprint density at radius 2 is 1.83 bits per heavy atom. The van der Waals surface area contributed by atoms with Crippen molar-refractivity contribution in [2.75, 3.05) is 18.0 Å². The SMILES string of the molecule is C[C@@H](NC(=O)C1CCN(c2ncccn2)CC1)c1ccncc1. The Morgan fingerprint density at radius 3 is 2.48 bits per heavy atom. The van der Waals surface area contributed by atoms with Gasteiger partial charge in [0.2, 0.25) is 11.9 Å². The lowest BCUT2D eigenvalue weighted by Gasteiger charge is -2.31. The number of nitrogens with one attached hydrogen (secondary N) is 1. The highest BCUT2D eigenvalue weighted by atomic mass is 16.1. The summed E-state index contributed by atoms with van der Waals surface area (Å²) >= 11 is 0. The second kappa shape index (κ2) is 7.17. The van der Waals surface area contributed by atoms with Gasteiger partial charge in [0.1, 0.15) is 0 Å². The molecule has 0 radical (unpaired) electrons. The van der Waals surface area contributed by atoms with Crippen molar-refractivity contribution >= 4 is 11.9 Å². The lowest BCUT2D eigenvalue weighted by Crippen LogP contribution is -2.41. The van der Waals surface area contributed by atoms with Crippen molar-refractivity contribution < 1.29 is 4.79 Å². The van der Waals surface area contributed by atoms with Crippen LogP contribution in [0.5, 0.6) is 0 Å². The molecule has 1 atom stereocenters. The van der Waals surface area contributed by atoms with Gasteiger partial charge in [0.05, 0.1) is 6.04 Å². The number of hydrogen-bond donors (Lipinski definition) is 1. The second-order valence-corrected chi connectivity index (χ2v) is 5.82. The number of aromatic nitrogens is 3. The molecule has 1 amide bonds. The third-order valence-electron chi connectivity index (χ3n) is 4.27. The van der Waals surface area contributed by atoms with Gasteiger partial charge in [-0.05, 0) is 43.5 Å². The van der Waals surface area contributed by atoms with Gasteiger partial charge >= 0.3 is 0 Å². The van der Waals surface area contributed by atoms with Gasteiger partial charge in [0, 0.05) is 43.8 Å². The summed E-state index contributed by atoms with van der Waals surface area (Å²) in [5.41, 5.74) is 1.07. The normalized spacial score (nSPS) is 16.8. The topological polar surface area (TPSA) is 71.0 Å². The fourth-order valence-electron chi connectivity index (χ4n) is 2.86. The standard InChI is InChI=1S/C17H21N5O/c1-13(14-3-9-18-10-4-14)21-16(23)15-5-11-22(12-6-15)17-19-7-2-8-20-17/h2-4,7-10,13,15H,5-6,11-12H2,1H3,(H,21,23)/t13-/m1/s1. The molecule has 0 spiro atoms. The zero-order valence-corrected chi connectivity index (χ0v) is 13.2. The fraction of sp³-hybridized carbons (Fsp3) is 0.412. The van der Waals surface area contributed by atoms with E-state index in [-0.39, 0.29) is 17.9 Å². The molecule has 0 aromatic carbocycles. The van der Waals surface area contributed by atoms with Crippen molar-refractivity contribution in [3.63, 3.8) is 0 Å². The molecule has 1 N–H and O–H groups in total. The van der Waals surface area contributed by atoms with Crippen LogP contribution in [0, 0.1) is 5.92 Å². The first-order valence-corrected chi connectivity index (χ1v) is 7.96. The van der Waals surface area contributed by atoms with E-state index in [9.17, 15) is 4.79 Å². The monoisotopic (exact) mass is 311 g/mol. The van der Waals surface area contributed by atoms with Crippen LogP contribution in [0.15, 0.2) is 43.0 Å². The first-order chi connectivity index (χ1) is 11.2. The number of piperidine rings is 1. The van der Waals surface area contributed by atoms with Crippen molar-refractivity contribution in [3.8, 4) is 0 Å². The summed E-state index contributed by atoms with van der Waals surface area (Å²) in [4.78, 5) is 27.1. The summed E-state index contributed by atoms with van der Waals surface area (Å²) < 4.78 is 0. The van der Waals surface area contributed by atoms with E-state index >= 15 is 0 Å². The molecule has 6 nitrogen and oxygen atoms in total. The third kappa shape index (κ3) is 3.83. The van der Waals surface area contributed by atoms with Gasteiger partial charge in [-0.2, -0.15) is 0 Å². The molecule has 120 valence electrons. The molecule has 23 heavy (non-hydrogen) atoms. The van der Waals surface area contributed by atoms with Crippen LogP contribution in [0.1, 0.15) is 31.4 Å². The molecule has 1 fully saturated rings. The smallest absolute Gasteiger partial charge is 0.225 e. The average Bonchev–Trinajstić information content (AvgIpc) is 2.63. The van der Waals surface area contributed by atoms with E-state index in [0.29, 0.717) is 0 Å². The van der Waals surface area contributed by atoms with E-state index in [4.69, 9.17) is 0 Å².